The summed E-state index contributed by atoms with van der Waals surface area (Å²) in [5.74, 6) is 0.405. The first kappa shape index (κ1) is 26.5. The molecule has 0 aromatic rings. The van der Waals surface area contributed by atoms with E-state index >= 15 is 0 Å². The normalized spacial score (nSPS) is 13.7. The van der Waals surface area contributed by atoms with Crippen molar-refractivity contribution < 1.29 is 9.90 Å². The van der Waals surface area contributed by atoms with Crippen molar-refractivity contribution in [1.29, 1.82) is 0 Å². The maximum Gasteiger partial charge on any atom is 0.310 e. The van der Waals surface area contributed by atoms with Crippen LogP contribution in [-0.2, 0) is 4.79 Å². The van der Waals surface area contributed by atoms with Gasteiger partial charge >= 0.3 is 5.97 Å². The molecule has 1 unspecified atom stereocenters. The van der Waals surface area contributed by atoms with Crippen molar-refractivity contribution >= 4 is 5.97 Å². The van der Waals surface area contributed by atoms with E-state index in [9.17, 15) is 9.90 Å². The number of hydrogen-bond donors (Lipinski definition) is 1. The first-order valence-corrected chi connectivity index (χ1v) is 12.0. The van der Waals surface area contributed by atoms with Gasteiger partial charge in [-0.25, -0.2) is 0 Å². The molecular weight excluding hydrogens is 332 g/mol. The van der Waals surface area contributed by atoms with Gasteiger partial charge in [-0.15, -0.1) is 0 Å². The highest BCUT2D eigenvalue weighted by atomic mass is 16.4. The van der Waals surface area contributed by atoms with E-state index in [1.807, 2.05) is 0 Å². The minimum Gasteiger partial charge on any atom is -0.481 e. The Bertz CT molecular complexity index is 363. The Labute approximate surface area is 170 Å². The van der Waals surface area contributed by atoms with Gasteiger partial charge in [0.2, 0.25) is 0 Å². The van der Waals surface area contributed by atoms with E-state index in [2.05, 4.69) is 48.5 Å². The van der Waals surface area contributed by atoms with Crippen LogP contribution in [0.4, 0.5) is 0 Å². The maximum atomic E-state index is 12.4. The van der Waals surface area contributed by atoms with Gasteiger partial charge in [0.1, 0.15) is 0 Å². The van der Waals surface area contributed by atoms with E-state index < -0.39 is 11.4 Å². The van der Waals surface area contributed by atoms with Crippen LogP contribution in [0.5, 0.6) is 0 Å². The molecule has 0 rings (SSSR count). The molecule has 1 atom stereocenters. The molecule has 0 saturated carbocycles. The van der Waals surface area contributed by atoms with Crippen LogP contribution in [0.15, 0.2) is 0 Å². The Balaban J connectivity index is 4.35. The zero-order chi connectivity index (χ0) is 20.9. The number of rotatable bonds is 17. The molecule has 0 aliphatic rings. The minimum absolute atomic E-state index is 0.162. The smallest absolute Gasteiger partial charge is 0.310 e. The molecule has 1 N–H and O–H groups in total. The SMILES string of the molecule is CCCCCCCCCCCCCC(C(C)C)C(C(=O)O)(C(C)C)C(C)C. The van der Waals surface area contributed by atoms with E-state index in [-0.39, 0.29) is 17.8 Å². The van der Waals surface area contributed by atoms with Gasteiger partial charge < -0.3 is 5.11 Å². The Morgan fingerprint density at radius 2 is 1.07 bits per heavy atom. The van der Waals surface area contributed by atoms with Crippen LogP contribution >= 0.6 is 0 Å². The first-order valence-electron chi connectivity index (χ1n) is 12.0. The topological polar surface area (TPSA) is 37.3 Å². The largest absolute Gasteiger partial charge is 0.481 e. The number of carbonyl (C=O) groups is 1. The van der Waals surface area contributed by atoms with E-state index in [0.29, 0.717) is 5.92 Å². The predicted octanol–water partition coefficient (Wildman–Crippen LogP) is 8.34. The molecule has 0 heterocycles. The van der Waals surface area contributed by atoms with Crippen LogP contribution in [0, 0.1) is 29.1 Å². The third-order valence-corrected chi connectivity index (χ3v) is 6.82. The highest BCUT2D eigenvalue weighted by molar-refractivity contribution is 5.76. The van der Waals surface area contributed by atoms with Gasteiger partial charge in [0.15, 0.2) is 0 Å². The molecule has 0 spiro atoms. The van der Waals surface area contributed by atoms with Crippen molar-refractivity contribution in [3.63, 3.8) is 0 Å². The fourth-order valence-electron chi connectivity index (χ4n) is 5.33. The molecular formula is C25H50O2. The molecule has 0 aliphatic carbocycles. The summed E-state index contributed by atoms with van der Waals surface area (Å²) in [7, 11) is 0. The molecule has 2 nitrogen and oxygen atoms in total. The van der Waals surface area contributed by atoms with Gasteiger partial charge in [-0.3, -0.25) is 4.79 Å². The molecule has 2 heteroatoms. The average molecular weight is 383 g/mol. The summed E-state index contributed by atoms with van der Waals surface area (Å²) in [6, 6.07) is 0. The predicted molar refractivity (Wildman–Crippen MR) is 119 cm³/mol. The highest BCUT2D eigenvalue weighted by Gasteiger charge is 2.51. The summed E-state index contributed by atoms with van der Waals surface area (Å²) in [6.45, 7) is 15.1. The molecule has 0 aromatic carbocycles. The second kappa shape index (κ2) is 14.5. The summed E-state index contributed by atoms with van der Waals surface area (Å²) < 4.78 is 0. The number of carboxylic acids is 1. The maximum absolute atomic E-state index is 12.4. The quantitative estimate of drug-likeness (QED) is 0.257. The van der Waals surface area contributed by atoms with Crippen LogP contribution in [0.1, 0.15) is 126 Å². The fourth-order valence-corrected chi connectivity index (χ4v) is 5.33. The average Bonchev–Trinajstić information content (AvgIpc) is 2.57. The molecule has 0 aromatic heterocycles. The molecule has 0 bridgehead atoms. The zero-order valence-corrected chi connectivity index (χ0v) is 19.7. The fraction of sp³-hybridized carbons (Fsp3) is 0.960. The van der Waals surface area contributed by atoms with Crippen molar-refractivity contribution in [3.8, 4) is 0 Å². The Morgan fingerprint density at radius 3 is 1.37 bits per heavy atom. The van der Waals surface area contributed by atoms with Crippen LogP contribution < -0.4 is 0 Å². The van der Waals surface area contributed by atoms with Crippen molar-refractivity contribution in [2.45, 2.75) is 126 Å². The summed E-state index contributed by atoms with van der Waals surface area (Å²) in [6.07, 6.45) is 15.8. The lowest BCUT2D eigenvalue weighted by molar-refractivity contribution is -0.164. The highest BCUT2D eigenvalue weighted by Crippen LogP contribution is 2.48. The lowest BCUT2D eigenvalue weighted by Crippen LogP contribution is -2.49. The Morgan fingerprint density at radius 1 is 0.704 bits per heavy atom. The van der Waals surface area contributed by atoms with Gasteiger partial charge in [0, 0.05) is 0 Å². The van der Waals surface area contributed by atoms with E-state index in [0.717, 1.165) is 6.42 Å². The molecule has 0 fully saturated rings. The Hall–Kier alpha value is -0.530. The minimum atomic E-state index is -0.605. The molecule has 162 valence electrons. The second-order valence-corrected chi connectivity index (χ2v) is 9.72. The molecule has 0 amide bonds. The summed E-state index contributed by atoms with van der Waals surface area (Å²) in [4.78, 5) is 12.4. The first-order chi connectivity index (χ1) is 12.7. The molecule has 0 radical (unpaired) electrons. The standard InChI is InChI=1S/C25H50O2/c1-8-9-10-11-12-13-14-15-16-17-18-19-23(20(2)3)25(21(4)5,22(6)7)24(26)27/h20-23H,8-19H2,1-7H3,(H,26,27). The molecule has 27 heavy (non-hydrogen) atoms. The number of carboxylic acid groups (broad SMARTS) is 1. The van der Waals surface area contributed by atoms with Crippen molar-refractivity contribution in [3.05, 3.63) is 0 Å². The van der Waals surface area contributed by atoms with Gasteiger partial charge in [-0.1, -0.05) is 119 Å². The van der Waals surface area contributed by atoms with Crippen LogP contribution in [-0.4, -0.2) is 11.1 Å². The summed E-state index contributed by atoms with van der Waals surface area (Å²) in [5.41, 5.74) is -0.605. The molecule has 0 aliphatic heterocycles. The third-order valence-electron chi connectivity index (χ3n) is 6.82. The number of aliphatic carboxylic acids is 1. The van der Waals surface area contributed by atoms with Gasteiger partial charge in [-0.2, -0.15) is 0 Å². The van der Waals surface area contributed by atoms with Crippen LogP contribution in [0.25, 0.3) is 0 Å². The zero-order valence-electron chi connectivity index (χ0n) is 19.7. The number of hydrogen-bond acceptors (Lipinski definition) is 1. The lowest BCUT2D eigenvalue weighted by Gasteiger charge is -2.46. The van der Waals surface area contributed by atoms with E-state index in [4.69, 9.17) is 0 Å². The van der Waals surface area contributed by atoms with Crippen molar-refractivity contribution in [2.24, 2.45) is 29.1 Å². The van der Waals surface area contributed by atoms with Crippen LogP contribution in [0.2, 0.25) is 0 Å². The summed E-state index contributed by atoms with van der Waals surface area (Å²) in [5, 5.41) is 10.2. The lowest BCUT2D eigenvalue weighted by atomic mass is 9.57. The number of unbranched alkanes of at least 4 members (excludes halogenated alkanes) is 10. The van der Waals surface area contributed by atoms with Gasteiger partial charge in [0.25, 0.3) is 0 Å². The van der Waals surface area contributed by atoms with E-state index in [1.54, 1.807) is 0 Å². The Kier molecular flexibility index (Phi) is 14.2. The summed E-state index contributed by atoms with van der Waals surface area (Å²) >= 11 is 0. The van der Waals surface area contributed by atoms with Gasteiger partial charge in [0.05, 0.1) is 5.41 Å². The molecule has 0 saturated heterocycles. The van der Waals surface area contributed by atoms with Crippen LogP contribution in [0.3, 0.4) is 0 Å². The van der Waals surface area contributed by atoms with Gasteiger partial charge in [-0.05, 0) is 30.1 Å². The van der Waals surface area contributed by atoms with E-state index in [1.165, 1.54) is 70.6 Å². The van der Waals surface area contributed by atoms with Crippen molar-refractivity contribution in [1.82, 2.24) is 0 Å². The second-order valence-electron chi connectivity index (χ2n) is 9.72. The monoisotopic (exact) mass is 382 g/mol. The third kappa shape index (κ3) is 8.57. The van der Waals surface area contributed by atoms with Crippen molar-refractivity contribution in [2.75, 3.05) is 0 Å².